The number of benzene rings is 1. The van der Waals surface area contributed by atoms with Gasteiger partial charge in [-0.1, -0.05) is 37.4 Å². The van der Waals surface area contributed by atoms with E-state index in [1.165, 1.54) is 9.87 Å². The molecule has 88 valence electrons. The maximum absolute atomic E-state index is 11.6. The molecule has 0 saturated carbocycles. The Kier molecular flexibility index (Phi) is 4.68. The number of urea groups is 1. The molecule has 0 aliphatic heterocycles. The van der Waals surface area contributed by atoms with Gasteiger partial charge in [0.15, 0.2) is 0 Å². The minimum Gasteiger partial charge on any atom is -0.337 e. The quantitative estimate of drug-likeness (QED) is 0.780. The summed E-state index contributed by atoms with van der Waals surface area (Å²) in [7, 11) is 0. The third-order valence-corrected chi connectivity index (χ3v) is 2.76. The molecule has 0 aliphatic carbocycles. The average molecular weight is 238 g/mol. The van der Waals surface area contributed by atoms with E-state index in [9.17, 15) is 4.79 Å². The third-order valence-electron chi connectivity index (χ3n) is 2.36. The molecule has 4 heteroatoms. The normalized spacial score (nSPS) is 10.0. The zero-order valence-corrected chi connectivity index (χ0v) is 10.8. The summed E-state index contributed by atoms with van der Waals surface area (Å²) in [4.78, 5) is 11.6. The van der Waals surface area contributed by atoms with Gasteiger partial charge in [-0.15, -0.1) is 0 Å². The first-order valence-corrected chi connectivity index (χ1v) is 5.86. The number of rotatable bonds is 3. The van der Waals surface area contributed by atoms with E-state index in [1.807, 2.05) is 26.0 Å². The van der Waals surface area contributed by atoms with E-state index in [4.69, 9.17) is 0 Å². The fourth-order valence-corrected chi connectivity index (χ4v) is 1.81. The molecule has 0 saturated heterocycles. The van der Waals surface area contributed by atoms with Gasteiger partial charge in [-0.25, -0.2) is 9.10 Å². The van der Waals surface area contributed by atoms with Crippen molar-refractivity contribution in [2.24, 2.45) is 0 Å². The van der Waals surface area contributed by atoms with Crippen molar-refractivity contribution in [1.82, 2.24) is 5.32 Å². The van der Waals surface area contributed by atoms with Crippen LogP contribution in [0.4, 0.5) is 10.5 Å². The van der Waals surface area contributed by atoms with E-state index in [2.05, 4.69) is 31.1 Å². The Morgan fingerprint density at radius 1 is 1.44 bits per heavy atom. The van der Waals surface area contributed by atoms with Crippen molar-refractivity contribution in [2.75, 3.05) is 10.8 Å². The summed E-state index contributed by atoms with van der Waals surface area (Å²) in [6.45, 7) is 6.59. The van der Waals surface area contributed by atoms with E-state index in [1.54, 1.807) is 0 Å². The number of thiol groups is 1. The van der Waals surface area contributed by atoms with E-state index < -0.39 is 0 Å². The van der Waals surface area contributed by atoms with Gasteiger partial charge in [-0.3, -0.25) is 0 Å². The molecule has 0 aliphatic rings. The van der Waals surface area contributed by atoms with Gasteiger partial charge in [0.2, 0.25) is 0 Å². The number of hydrogen-bond acceptors (Lipinski definition) is 2. The predicted octanol–water partition coefficient (Wildman–Crippen LogP) is 2.94. The first-order valence-electron chi connectivity index (χ1n) is 5.46. The molecule has 0 radical (unpaired) electrons. The highest BCUT2D eigenvalue weighted by Crippen LogP contribution is 2.24. The minimum atomic E-state index is -0.190. The summed E-state index contributed by atoms with van der Waals surface area (Å²) >= 11 is 4.23. The maximum Gasteiger partial charge on any atom is 0.331 e. The number of nitrogens with zero attached hydrogens (tertiary/aromatic N) is 1. The second-order valence-electron chi connectivity index (χ2n) is 3.63. The van der Waals surface area contributed by atoms with E-state index >= 15 is 0 Å². The number of hydrogen-bond donors (Lipinski definition) is 2. The van der Waals surface area contributed by atoms with Gasteiger partial charge in [0.25, 0.3) is 0 Å². The Balaban J connectivity index is 2.98. The SMILES string of the molecule is CCNC(=O)N(S)c1ccc(C)cc1CC. The summed E-state index contributed by atoms with van der Waals surface area (Å²) in [6, 6.07) is 5.80. The van der Waals surface area contributed by atoms with Crippen molar-refractivity contribution in [3.63, 3.8) is 0 Å². The highest BCUT2D eigenvalue weighted by Gasteiger charge is 2.13. The van der Waals surface area contributed by atoms with Crippen molar-refractivity contribution < 1.29 is 4.79 Å². The van der Waals surface area contributed by atoms with Gasteiger partial charge in [-0.2, -0.15) is 0 Å². The van der Waals surface area contributed by atoms with Crippen LogP contribution in [0.2, 0.25) is 0 Å². The second kappa shape index (κ2) is 5.80. The van der Waals surface area contributed by atoms with Crippen molar-refractivity contribution in [1.29, 1.82) is 0 Å². The highest BCUT2D eigenvalue weighted by molar-refractivity contribution is 7.82. The molecular formula is C12H18N2OS. The molecule has 1 N–H and O–H groups in total. The van der Waals surface area contributed by atoms with Crippen LogP contribution in [0, 0.1) is 6.92 Å². The standard InChI is InChI=1S/C12H18N2OS/c1-4-10-8-9(3)6-7-11(10)14(16)12(15)13-5-2/h6-8,16H,4-5H2,1-3H3,(H,13,15). The molecule has 1 rings (SSSR count). The fourth-order valence-electron chi connectivity index (χ4n) is 1.54. The number of aryl methyl sites for hydroxylation is 2. The van der Waals surface area contributed by atoms with Crippen molar-refractivity contribution in [2.45, 2.75) is 27.2 Å². The highest BCUT2D eigenvalue weighted by atomic mass is 32.1. The first kappa shape index (κ1) is 12.9. The Hall–Kier alpha value is -1.16. The number of amides is 2. The van der Waals surface area contributed by atoms with Crippen LogP contribution in [0.5, 0.6) is 0 Å². The summed E-state index contributed by atoms with van der Waals surface area (Å²) in [5.41, 5.74) is 3.17. The molecular weight excluding hydrogens is 220 g/mol. The number of carbonyl (C=O) groups excluding carboxylic acids is 1. The van der Waals surface area contributed by atoms with Crippen LogP contribution >= 0.6 is 12.8 Å². The topological polar surface area (TPSA) is 32.3 Å². The zero-order valence-electron chi connectivity index (χ0n) is 9.95. The molecule has 0 fully saturated rings. The molecule has 1 aromatic carbocycles. The molecule has 0 spiro atoms. The summed E-state index contributed by atoms with van der Waals surface area (Å²) in [6.07, 6.45) is 0.882. The number of nitrogens with one attached hydrogen (secondary N) is 1. The van der Waals surface area contributed by atoms with Crippen molar-refractivity contribution in [3.8, 4) is 0 Å². The third kappa shape index (κ3) is 2.92. The van der Waals surface area contributed by atoms with E-state index in [0.29, 0.717) is 6.54 Å². The summed E-state index contributed by atoms with van der Waals surface area (Å²) < 4.78 is 1.36. The molecule has 2 amide bonds. The lowest BCUT2D eigenvalue weighted by Gasteiger charge is -2.19. The van der Waals surface area contributed by atoms with Crippen LogP contribution in [0.15, 0.2) is 18.2 Å². The van der Waals surface area contributed by atoms with Gasteiger partial charge >= 0.3 is 6.03 Å². The lowest BCUT2D eigenvalue weighted by Crippen LogP contribution is -2.34. The lowest BCUT2D eigenvalue weighted by molar-refractivity contribution is 0.250. The van der Waals surface area contributed by atoms with Crippen LogP contribution < -0.4 is 9.62 Å². The lowest BCUT2D eigenvalue weighted by atomic mass is 10.1. The smallest absolute Gasteiger partial charge is 0.331 e. The molecule has 0 bridgehead atoms. The second-order valence-corrected chi connectivity index (χ2v) is 4.03. The average Bonchev–Trinajstić information content (AvgIpc) is 2.28. The molecule has 0 aromatic heterocycles. The Labute approximate surface area is 102 Å². The van der Waals surface area contributed by atoms with Crippen LogP contribution in [-0.2, 0) is 6.42 Å². The first-order chi connectivity index (χ1) is 7.60. The molecule has 3 nitrogen and oxygen atoms in total. The molecule has 1 aromatic rings. The largest absolute Gasteiger partial charge is 0.337 e. The summed E-state index contributed by atoms with van der Waals surface area (Å²) in [5, 5.41) is 2.72. The molecule has 16 heavy (non-hydrogen) atoms. The van der Waals surface area contributed by atoms with E-state index in [-0.39, 0.29) is 6.03 Å². The van der Waals surface area contributed by atoms with Crippen LogP contribution in [0.1, 0.15) is 25.0 Å². The Morgan fingerprint density at radius 2 is 2.12 bits per heavy atom. The van der Waals surface area contributed by atoms with Gasteiger partial charge < -0.3 is 5.32 Å². The molecule has 0 unspecified atom stereocenters. The predicted molar refractivity (Wildman–Crippen MR) is 71.1 cm³/mol. The van der Waals surface area contributed by atoms with Crippen molar-refractivity contribution in [3.05, 3.63) is 29.3 Å². The van der Waals surface area contributed by atoms with Crippen molar-refractivity contribution >= 4 is 24.5 Å². The zero-order chi connectivity index (χ0) is 12.1. The Bertz CT molecular complexity index is 379. The molecule has 0 heterocycles. The van der Waals surface area contributed by atoms with Crippen LogP contribution in [0.25, 0.3) is 0 Å². The number of carbonyl (C=O) groups is 1. The van der Waals surface area contributed by atoms with E-state index in [0.717, 1.165) is 17.7 Å². The van der Waals surface area contributed by atoms with Crippen LogP contribution in [0.3, 0.4) is 0 Å². The van der Waals surface area contributed by atoms with Gasteiger partial charge in [-0.05, 0) is 31.9 Å². The summed E-state index contributed by atoms with van der Waals surface area (Å²) in [5.74, 6) is 0. The minimum absolute atomic E-state index is 0.190. The fraction of sp³-hybridized carbons (Fsp3) is 0.417. The van der Waals surface area contributed by atoms with Gasteiger partial charge in [0, 0.05) is 6.54 Å². The maximum atomic E-state index is 11.6. The molecule has 0 atom stereocenters. The monoisotopic (exact) mass is 238 g/mol. The van der Waals surface area contributed by atoms with Crippen LogP contribution in [-0.4, -0.2) is 12.6 Å². The Morgan fingerprint density at radius 3 is 2.69 bits per heavy atom. The number of anilines is 1. The van der Waals surface area contributed by atoms with Gasteiger partial charge in [0.1, 0.15) is 0 Å². The van der Waals surface area contributed by atoms with Gasteiger partial charge in [0.05, 0.1) is 5.69 Å².